The lowest BCUT2D eigenvalue weighted by atomic mass is 10.1. The highest BCUT2D eigenvalue weighted by molar-refractivity contribution is 5.58. The predicted octanol–water partition coefficient (Wildman–Crippen LogP) is 2.69. The Kier molecular flexibility index (Phi) is 4.71. The summed E-state index contributed by atoms with van der Waals surface area (Å²) in [4.78, 5) is 4.27. The topological polar surface area (TPSA) is 47.3 Å². The van der Waals surface area contributed by atoms with Gasteiger partial charge in [-0.3, -0.25) is 0 Å². The Balaban J connectivity index is 2.01. The minimum absolute atomic E-state index is 0.619. The fourth-order valence-electron chi connectivity index (χ4n) is 1.79. The molecule has 1 aromatic heterocycles. The molecule has 4 nitrogen and oxygen atoms in total. The zero-order chi connectivity index (χ0) is 13.7. The van der Waals surface area contributed by atoms with E-state index in [-0.39, 0.29) is 0 Å². The van der Waals surface area contributed by atoms with Crippen LogP contribution in [0.3, 0.4) is 0 Å². The Morgan fingerprint density at radius 1 is 1.26 bits per heavy atom. The Hall–Kier alpha value is -1.65. The number of benzene rings is 1. The van der Waals surface area contributed by atoms with E-state index in [9.17, 15) is 0 Å². The van der Waals surface area contributed by atoms with Crippen molar-refractivity contribution in [2.24, 2.45) is 0 Å². The summed E-state index contributed by atoms with van der Waals surface area (Å²) in [6, 6.07) is 6.28. The molecule has 19 heavy (non-hydrogen) atoms. The van der Waals surface area contributed by atoms with Crippen molar-refractivity contribution in [3.63, 3.8) is 0 Å². The summed E-state index contributed by atoms with van der Waals surface area (Å²) >= 11 is 0. The lowest BCUT2D eigenvalue weighted by Crippen LogP contribution is -2.18. The van der Waals surface area contributed by atoms with Crippen LogP contribution in [0, 0.1) is 13.8 Å². The Morgan fingerprint density at radius 2 is 2.11 bits per heavy atom. The zero-order valence-electron chi connectivity index (χ0n) is 11.7. The third-order valence-electron chi connectivity index (χ3n) is 3.10. The van der Waals surface area contributed by atoms with Crippen LogP contribution in [0.4, 0.5) is 0 Å². The number of aryl methyl sites for hydroxylation is 2. The second-order valence-electron chi connectivity index (χ2n) is 4.59. The first-order chi connectivity index (χ1) is 9.20. The molecule has 0 amide bonds. The number of nitrogens with one attached hydrogen (secondary N) is 1. The van der Waals surface area contributed by atoms with E-state index in [1.165, 1.54) is 11.1 Å². The molecule has 0 spiro atoms. The summed E-state index contributed by atoms with van der Waals surface area (Å²) in [6.07, 6.45) is 1.78. The van der Waals surface area contributed by atoms with Gasteiger partial charge >= 0.3 is 0 Å². The van der Waals surface area contributed by atoms with Crippen molar-refractivity contribution < 1.29 is 9.15 Å². The first-order valence-electron chi connectivity index (χ1n) is 6.42. The average molecular weight is 260 g/mol. The number of ether oxygens (including phenoxy) is 1. The normalized spacial score (nSPS) is 10.9. The molecule has 0 aliphatic rings. The highest BCUT2D eigenvalue weighted by Crippen LogP contribution is 2.22. The average Bonchev–Trinajstić information content (AvgIpc) is 2.87. The smallest absolute Gasteiger partial charge is 0.208 e. The number of hydrogen-bond acceptors (Lipinski definition) is 4. The second kappa shape index (κ2) is 6.50. The van der Waals surface area contributed by atoms with E-state index < -0.39 is 0 Å². The first kappa shape index (κ1) is 13.8. The number of oxazole rings is 1. The van der Waals surface area contributed by atoms with Crippen LogP contribution in [0.1, 0.15) is 17.0 Å². The van der Waals surface area contributed by atoms with Crippen LogP contribution < -0.4 is 5.32 Å². The van der Waals surface area contributed by atoms with Crippen molar-refractivity contribution in [1.29, 1.82) is 0 Å². The summed E-state index contributed by atoms with van der Waals surface area (Å²) in [6.45, 7) is 6.30. The molecule has 0 aliphatic carbocycles. The predicted molar refractivity (Wildman–Crippen MR) is 75.0 cm³/mol. The van der Waals surface area contributed by atoms with Crippen molar-refractivity contribution in [2.45, 2.75) is 20.4 Å². The van der Waals surface area contributed by atoms with Crippen LogP contribution >= 0.6 is 0 Å². The molecule has 2 aromatic rings. The fourth-order valence-corrected chi connectivity index (χ4v) is 1.79. The van der Waals surface area contributed by atoms with Crippen molar-refractivity contribution in [3.05, 3.63) is 41.4 Å². The molecule has 0 radical (unpaired) electrons. The highest BCUT2D eigenvalue weighted by Gasteiger charge is 2.06. The van der Waals surface area contributed by atoms with E-state index in [4.69, 9.17) is 9.15 Å². The highest BCUT2D eigenvalue weighted by atomic mass is 16.5. The zero-order valence-corrected chi connectivity index (χ0v) is 11.7. The molecule has 1 N–H and O–H groups in total. The molecule has 0 fully saturated rings. The maximum absolute atomic E-state index is 5.73. The lowest BCUT2D eigenvalue weighted by molar-refractivity contribution is 0.198. The Labute approximate surface area is 113 Å². The van der Waals surface area contributed by atoms with E-state index in [1.807, 2.05) is 0 Å². The van der Waals surface area contributed by atoms with E-state index in [0.717, 1.165) is 17.9 Å². The van der Waals surface area contributed by atoms with Gasteiger partial charge in [-0.2, -0.15) is 0 Å². The minimum atomic E-state index is 0.619. The van der Waals surface area contributed by atoms with Crippen LogP contribution in [0.2, 0.25) is 0 Å². The number of nitrogens with zero attached hydrogens (tertiary/aromatic N) is 1. The fraction of sp³-hybridized carbons (Fsp3) is 0.400. The maximum atomic E-state index is 5.73. The van der Waals surface area contributed by atoms with Crippen molar-refractivity contribution in [2.75, 3.05) is 20.3 Å². The van der Waals surface area contributed by atoms with Gasteiger partial charge in [-0.05, 0) is 31.0 Å². The number of methoxy groups -OCH3 is 1. The Morgan fingerprint density at radius 3 is 2.84 bits per heavy atom. The van der Waals surface area contributed by atoms with Crippen molar-refractivity contribution in [3.8, 4) is 11.3 Å². The van der Waals surface area contributed by atoms with Crippen LogP contribution in [-0.4, -0.2) is 25.2 Å². The number of hydrogen-bond donors (Lipinski definition) is 1. The monoisotopic (exact) mass is 260 g/mol. The molecule has 0 unspecified atom stereocenters. The molecule has 1 aromatic carbocycles. The molecular formula is C15H20N2O2. The van der Waals surface area contributed by atoms with Gasteiger partial charge < -0.3 is 14.5 Å². The SMILES string of the molecule is COCCNCc1ncc(-c2ccc(C)c(C)c2)o1. The first-order valence-corrected chi connectivity index (χ1v) is 6.42. The van der Waals surface area contributed by atoms with Gasteiger partial charge in [0, 0.05) is 19.2 Å². The van der Waals surface area contributed by atoms with Crippen LogP contribution in [0.5, 0.6) is 0 Å². The molecule has 0 atom stereocenters. The molecule has 0 aliphatic heterocycles. The summed E-state index contributed by atoms with van der Waals surface area (Å²) in [7, 11) is 1.69. The molecular weight excluding hydrogens is 240 g/mol. The minimum Gasteiger partial charge on any atom is -0.439 e. The van der Waals surface area contributed by atoms with Gasteiger partial charge in [0.25, 0.3) is 0 Å². The number of rotatable bonds is 6. The maximum Gasteiger partial charge on any atom is 0.208 e. The molecule has 102 valence electrons. The lowest BCUT2D eigenvalue weighted by Gasteiger charge is -2.02. The third kappa shape index (κ3) is 3.66. The van der Waals surface area contributed by atoms with Gasteiger partial charge in [-0.25, -0.2) is 4.98 Å². The molecule has 2 rings (SSSR count). The molecule has 0 bridgehead atoms. The molecule has 0 saturated carbocycles. The third-order valence-corrected chi connectivity index (χ3v) is 3.10. The molecule has 0 saturated heterocycles. The van der Waals surface area contributed by atoms with Crippen molar-refractivity contribution in [1.82, 2.24) is 10.3 Å². The Bertz CT molecular complexity index is 535. The van der Waals surface area contributed by atoms with Crippen LogP contribution in [-0.2, 0) is 11.3 Å². The quantitative estimate of drug-likeness (QED) is 0.811. The summed E-state index contributed by atoms with van der Waals surface area (Å²) < 4.78 is 10.7. The second-order valence-corrected chi connectivity index (χ2v) is 4.59. The van der Waals surface area contributed by atoms with E-state index >= 15 is 0 Å². The van der Waals surface area contributed by atoms with Gasteiger partial charge in [0.05, 0.1) is 19.3 Å². The van der Waals surface area contributed by atoms with E-state index in [0.29, 0.717) is 19.0 Å². The van der Waals surface area contributed by atoms with Gasteiger partial charge in [-0.1, -0.05) is 12.1 Å². The summed E-state index contributed by atoms with van der Waals surface area (Å²) in [5.41, 5.74) is 3.61. The largest absolute Gasteiger partial charge is 0.439 e. The van der Waals surface area contributed by atoms with Crippen LogP contribution in [0.25, 0.3) is 11.3 Å². The molecule has 1 heterocycles. The number of aromatic nitrogens is 1. The molecule has 4 heteroatoms. The van der Waals surface area contributed by atoms with Gasteiger partial charge in [0.15, 0.2) is 5.76 Å². The standard InChI is InChI=1S/C15H20N2O2/c1-11-4-5-13(8-12(11)2)14-9-17-15(19-14)10-16-6-7-18-3/h4-5,8-9,16H,6-7,10H2,1-3H3. The summed E-state index contributed by atoms with van der Waals surface area (Å²) in [5.74, 6) is 1.51. The summed E-state index contributed by atoms with van der Waals surface area (Å²) in [5, 5.41) is 3.21. The van der Waals surface area contributed by atoms with Crippen molar-refractivity contribution >= 4 is 0 Å². The van der Waals surface area contributed by atoms with E-state index in [2.05, 4.69) is 42.3 Å². The van der Waals surface area contributed by atoms with Gasteiger partial charge in [0.1, 0.15) is 0 Å². The van der Waals surface area contributed by atoms with Gasteiger partial charge in [-0.15, -0.1) is 0 Å². The van der Waals surface area contributed by atoms with Crippen LogP contribution in [0.15, 0.2) is 28.8 Å². The van der Waals surface area contributed by atoms with E-state index in [1.54, 1.807) is 13.3 Å². The van der Waals surface area contributed by atoms with Gasteiger partial charge in [0.2, 0.25) is 5.89 Å².